The molecule has 0 saturated carbocycles. The lowest BCUT2D eigenvalue weighted by Gasteiger charge is -2.35. The van der Waals surface area contributed by atoms with Crippen LogP contribution in [0.25, 0.3) is 0 Å². The first kappa shape index (κ1) is 14.9. The summed E-state index contributed by atoms with van der Waals surface area (Å²) in [6.07, 6.45) is 3.83. The zero-order valence-corrected chi connectivity index (χ0v) is 13.1. The molecule has 0 aliphatic heterocycles. The summed E-state index contributed by atoms with van der Waals surface area (Å²) in [6.45, 7) is 6.70. The van der Waals surface area contributed by atoms with Crippen molar-refractivity contribution in [1.82, 2.24) is 5.16 Å². The number of hydrogen-bond donors (Lipinski definition) is 0. The Balaban J connectivity index is 2.26. The number of rotatable bonds is 4. The van der Waals surface area contributed by atoms with Gasteiger partial charge in [0.1, 0.15) is 17.2 Å². The molecule has 0 spiro atoms. The fraction of sp³-hybridized carbons (Fsp3) is 0.769. The molecule has 0 amide bonds. The van der Waals surface area contributed by atoms with E-state index in [0.29, 0.717) is 11.6 Å². The predicted molar refractivity (Wildman–Crippen MR) is 74.6 cm³/mol. The highest BCUT2D eigenvalue weighted by atomic mass is 35.7. The van der Waals surface area contributed by atoms with Gasteiger partial charge in [0.15, 0.2) is 0 Å². The maximum Gasteiger partial charge on any atom is 0.238 e. The van der Waals surface area contributed by atoms with Gasteiger partial charge in [-0.25, -0.2) is 8.42 Å². The average molecular weight is 306 g/mol. The molecule has 1 atom stereocenters. The van der Waals surface area contributed by atoms with Crippen molar-refractivity contribution in [2.75, 3.05) is 0 Å². The van der Waals surface area contributed by atoms with Crippen LogP contribution in [0.1, 0.15) is 50.6 Å². The van der Waals surface area contributed by atoms with Crippen molar-refractivity contribution in [2.24, 2.45) is 11.3 Å². The third kappa shape index (κ3) is 3.31. The van der Waals surface area contributed by atoms with Crippen LogP contribution >= 0.6 is 10.7 Å². The molecule has 1 aromatic heterocycles. The molecule has 1 unspecified atom stereocenters. The van der Waals surface area contributed by atoms with Crippen LogP contribution in [0, 0.1) is 11.3 Å². The smallest absolute Gasteiger partial charge is 0.238 e. The van der Waals surface area contributed by atoms with E-state index in [4.69, 9.17) is 15.2 Å². The molecule has 0 fully saturated rings. The first-order valence-corrected chi connectivity index (χ1v) is 9.09. The van der Waals surface area contributed by atoms with Crippen LogP contribution in [0.5, 0.6) is 0 Å². The Morgan fingerprint density at radius 1 is 1.47 bits per heavy atom. The lowest BCUT2D eigenvalue weighted by molar-refractivity contribution is 0.176. The monoisotopic (exact) mass is 305 g/mol. The molecule has 19 heavy (non-hydrogen) atoms. The summed E-state index contributed by atoms with van der Waals surface area (Å²) in [5.74, 6) is 1.12. The summed E-state index contributed by atoms with van der Waals surface area (Å²) in [4.78, 5) is 0. The first-order valence-electron chi connectivity index (χ1n) is 6.61. The highest BCUT2D eigenvalue weighted by Crippen LogP contribution is 2.40. The van der Waals surface area contributed by atoms with Gasteiger partial charge in [0.05, 0.1) is 0 Å². The Labute approximate surface area is 118 Å². The predicted octanol–water partition coefficient (Wildman–Crippen LogP) is 3.28. The molecule has 0 bridgehead atoms. The number of aryl methyl sites for hydroxylation is 1. The van der Waals surface area contributed by atoms with Crippen molar-refractivity contribution in [3.8, 4) is 0 Å². The molecule has 108 valence electrons. The highest BCUT2D eigenvalue weighted by Gasteiger charge is 2.34. The SMILES string of the molecule is CCC(C)(C)C1CCc2onc(CS(=O)(=O)Cl)c2C1. The maximum absolute atomic E-state index is 11.2. The van der Waals surface area contributed by atoms with Crippen LogP contribution in [-0.4, -0.2) is 13.6 Å². The highest BCUT2D eigenvalue weighted by molar-refractivity contribution is 8.13. The van der Waals surface area contributed by atoms with Crippen LogP contribution < -0.4 is 0 Å². The number of hydrogen-bond acceptors (Lipinski definition) is 4. The minimum Gasteiger partial charge on any atom is -0.361 e. The van der Waals surface area contributed by atoms with Gasteiger partial charge < -0.3 is 4.52 Å². The van der Waals surface area contributed by atoms with Gasteiger partial charge in [-0.05, 0) is 24.2 Å². The Morgan fingerprint density at radius 2 is 2.16 bits per heavy atom. The Morgan fingerprint density at radius 3 is 2.74 bits per heavy atom. The molecular weight excluding hydrogens is 286 g/mol. The first-order chi connectivity index (χ1) is 8.73. The summed E-state index contributed by atoms with van der Waals surface area (Å²) in [5.41, 5.74) is 1.69. The van der Waals surface area contributed by atoms with E-state index < -0.39 is 9.05 Å². The minimum atomic E-state index is -3.59. The largest absolute Gasteiger partial charge is 0.361 e. The Hall–Kier alpha value is -0.550. The van der Waals surface area contributed by atoms with Crippen molar-refractivity contribution in [1.29, 1.82) is 0 Å². The summed E-state index contributed by atoms with van der Waals surface area (Å²) < 4.78 is 27.7. The second kappa shape index (κ2) is 5.09. The van der Waals surface area contributed by atoms with Crippen LogP contribution in [-0.2, 0) is 27.6 Å². The Bertz CT molecular complexity index is 562. The molecule has 0 radical (unpaired) electrons. The van der Waals surface area contributed by atoms with Crippen molar-refractivity contribution in [3.05, 3.63) is 17.0 Å². The molecule has 0 saturated heterocycles. The van der Waals surface area contributed by atoms with Gasteiger partial charge in [-0.2, -0.15) is 0 Å². The molecule has 0 aromatic carbocycles. The normalized spacial score (nSPS) is 20.3. The molecule has 1 aromatic rings. The van der Waals surface area contributed by atoms with Crippen LogP contribution in [0.3, 0.4) is 0 Å². The summed E-state index contributed by atoms with van der Waals surface area (Å²) in [6, 6.07) is 0. The van der Waals surface area contributed by atoms with Gasteiger partial charge in [0, 0.05) is 22.7 Å². The van der Waals surface area contributed by atoms with E-state index in [1.54, 1.807) is 0 Å². The lowest BCUT2D eigenvalue weighted by Crippen LogP contribution is -2.29. The number of fused-ring (bicyclic) bond motifs is 1. The number of nitrogens with zero attached hydrogens (tertiary/aromatic N) is 1. The second-order valence-corrected chi connectivity index (χ2v) is 8.77. The summed E-state index contributed by atoms with van der Waals surface area (Å²) in [7, 11) is 1.72. The number of halogens is 1. The van der Waals surface area contributed by atoms with Gasteiger partial charge in [0.2, 0.25) is 9.05 Å². The molecule has 1 heterocycles. The van der Waals surface area contributed by atoms with E-state index in [1.165, 1.54) is 0 Å². The van der Waals surface area contributed by atoms with Gasteiger partial charge in [0.25, 0.3) is 0 Å². The van der Waals surface area contributed by atoms with Crippen molar-refractivity contribution < 1.29 is 12.9 Å². The standard InChI is InChI=1S/C13H20ClNO3S/c1-4-13(2,3)9-5-6-12-10(7-9)11(15-18-12)8-19(14,16)17/h9H,4-8H2,1-3H3. The summed E-state index contributed by atoms with van der Waals surface area (Å²) in [5, 5.41) is 3.89. The van der Waals surface area contributed by atoms with E-state index in [-0.39, 0.29) is 11.2 Å². The van der Waals surface area contributed by atoms with E-state index in [0.717, 1.165) is 37.0 Å². The van der Waals surface area contributed by atoms with Crippen molar-refractivity contribution >= 4 is 19.7 Å². The third-order valence-electron chi connectivity index (χ3n) is 4.45. The van der Waals surface area contributed by atoms with Crippen LogP contribution in [0.4, 0.5) is 0 Å². The van der Waals surface area contributed by atoms with E-state index in [9.17, 15) is 8.42 Å². The third-order valence-corrected chi connectivity index (χ3v) is 5.39. The maximum atomic E-state index is 11.2. The van der Waals surface area contributed by atoms with Gasteiger partial charge in [-0.1, -0.05) is 32.3 Å². The van der Waals surface area contributed by atoms with Crippen molar-refractivity contribution in [2.45, 2.75) is 52.2 Å². The van der Waals surface area contributed by atoms with Crippen molar-refractivity contribution in [3.63, 3.8) is 0 Å². The van der Waals surface area contributed by atoms with E-state index >= 15 is 0 Å². The van der Waals surface area contributed by atoms with E-state index in [2.05, 4.69) is 25.9 Å². The van der Waals surface area contributed by atoms with Gasteiger partial charge in [-0.3, -0.25) is 0 Å². The molecular formula is C13H20ClNO3S. The fourth-order valence-electron chi connectivity index (χ4n) is 2.70. The Kier molecular flexibility index (Phi) is 3.98. The molecule has 1 aliphatic carbocycles. The molecule has 4 nitrogen and oxygen atoms in total. The minimum absolute atomic E-state index is 0.242. The molecule has 2 rings (SSSR count). The second-order valence-electron chi connectivity index (χ2n) is 6.00. The van der Waals surface area contributed by atoms with Crippen LogP contribution in [0.15, 0.2) is 4.52 Å². The molecule has 0 N–H and O–H groups in total. The summed E-state index contributed by atoms with van der Waals surface area (Å²) >= 11 is 0. The number of aromatic nitrogens is 1. The van der Waals surface area contributed by atoms with Gasteiger partial charge >= 0.3 is 0 Å². The fourth-order valence-corrected chi connectivity index (χ4v) is 3.56. The lowest BCUT2D eigenvalue weighted by atomic mass is 9.69. The average Bonchev–Trinajstić information content (AvgIpc) is 2.69. The van der Waals surface area contributed by atoms with E-state index in [1.807, 2.05) is 0 Å². The molecule has 1 aliphatic rings. The van der Waals surface area contributed by atoms with Crippen LogP contribution in [0.2, 0.25) is 0 Å². The quantitative estimate of drug-likeness (QED) is 0.801. The zero-order chi connectivity index (χ0) is 14.3. The zero-order valence-electron chi connectivity index (χ0n) is 11.6. The topological polar surface area (TPSA) is 60.2 Å². The molecule has 6 heteroatoms. The van der Waals surface area contributed by atoms with Gasteiger partial charge in [-0.15, -0.1) is 0 Å².